The second kappa shape index (κ2) is 8.61. The van der Waals surface area contributed by atoms with Crippen molar-refractivity contribution in [3.05, 3.63) is 0 Å². The maximum atomic E-state index is 11.3. The first-order valence-electron chi connectivity index (χ1n) is 6.36. The average Bonchev–Trinajstić information content (AvgIpc) is 2.21. The molecule has 0 fully saturated rings. The zero-order valence-electron chi connectivity index (χ0n) is 11.8. The van der Waals surface area contributed by atoms with Gasteiger partial charge in [-0.1, -0.05) is 13.8 Å². The van der Waals surface area contributed by atoms with Gasteiger partial charge in [-0.15, -0.1) is 0 Å². The van der Waals surface area contributed by atoms with Gasteiger partial charge in [0, 0.05) is 18.8 Å². The van der Waals surface area contributed by atoms with Crippen LogP contribution in [0.15, 0.2) is 4.99 Å². The van der Waals surface area contributed by atoms with Gasteiger partial charge in [-0.25, -0.2) is 8.42 Å². The van der Waals surface area contributed by atoms with Gasteiger partial charge < -0.3 is 10.4 Å². The first kappa shape index (κ1) is 17.5. The summed E-state index contributed by atoms with van der Waals surface area (Å²) in [4.78, 5) is 4.39. The van der Waals surface area contributed by atoms with Crippen LogP contribution in [0.2, 0.25) is 0 Å². The summed E-state index contributed by atoms with van der Waals surface area (Å²) in [7, 11) is -3.36. The maximum absolute atomic E-state index is 11.3. The molecule has 0 heterocycles. The number of aliphatic hydroxyl groups is 1. The van der Waals surface area contributed by atoms with Crippen LogP contribution < -0.4 is 5.32 Å². The lowest BCUT2D eigenvalue weighted by molar-refractivity contribution is 0.268. The standard InChI is InChI=1S/C12H26N2O3S/c1-10(2)9-11(3)14-6-5-13-7-8-18(16,17)12(4)15/h10,12-13,15H,5-9H2,1-4H3. The van der Waals surface area contributed by atoms with E-state index in [1.54, 1.807) is 0 Å². The molecule has 1 atom stereocenters. The summed E-state index contributed by atoms with van der Waals surface area (Å²) < 4.78 is 22.5. The largest absolute Gasteiger partial charge is 0.377 e. The summed E-state index contributed by atoms with van der Waals surface area (Å²) in [6.07, 6.45) is 0.996. The van der Waals surface area contributed by atoms with Crippen molar-refractivity contribution in [2.45, 2.75) is 39.6 Å². The van der Waals surface area contributed by atoms with E-state index in [2.05, 4.69) is 24.2 Å². The van der Waals surface area contributed by atoms with Crippen molar-refractivity contribution in [2.75, 3.05) is 25.4 Å². The van der Waals surface area contributed by atoms with E-state index < -0.39 is 15.3 Å². The Morgan fingerprint density at radius 3 is 2.39 bits per heavy atom. The molecule has 0 aromatic heterocycles. The van der Waals surface area contributed by atoms with Gasteiger partial charge in [-0.05, 0) is 26.2 Å². The van der Waals surface area contributed by atoms with E-state index in [4.69, 9.17) is 5.11 Å². The zero-order valence-corrected chi connectivity index (χ0v) is 12.6. The van der Waals surface area contributed by atoms with Crippen LogP contribution in [0, 0.1) is 5.92 Å². The molecule has 0 amide bonds. The fourth-order valence-electron chi connectivity index (χ4n) is 1.49. The van der Waals surface area contributed by atoms with Crippen LogP contribution in [0.25, 0.3) is 0 Å². The van der Waals surface area contributed by atoms with Crippen LogP contribution in [0.1, 0.15) is 34.1 Å². The quantitative estimate of drug-likeness (QED) is 0.484. The van der Waals surface area contributed by atoms with E-state index in [1.165, 1.54) is 6.92 Å². The van der Waals surface area contributed by atoms with E-state index in [0.29, 0.717) is 25.6 Å². The fraction of sp³-hybridized carbons (Fsp3) is 0.917. The number of aliphatic imine (C=N–C) groups is 1. The van der Waals surface area contributed by atoms with Crippen molar-refractivity contribution < 1.29 is 13.5 Å². The fourth-order valence-corrected chi connectivity index (χ4v) is 2.26. The molecule has 0 aliphatic rings. The Balaban J connectivity index is 3.70. The van der Waals surface area contributed by atoms with Crippen molar-refractivity contribution in [2.24, 2.45) is 10.9 Å². The van der Waals surface area contributed by atoms with E-state index in [0.717, 1.165) is 12.1 Å². The first-order valence-corrected chi connectivity index (χ1v) is 8.07. The summed E-state index contributed by atoms with van der Waals surface area (Å²) in [5.74, 6) is 0.567. The van der Waals surface area contributed by atoms with Gasteiger partial charge in [0.05, 0.1) is 12.3 Å². The van der Waals surface area contributed by atoms with Gasteiger partial charge in [-0.2, -0.15) is 0 Å². The summed E-state index contributed by atoms with van der Waals surface area (Å²) in [6.45, 7) is 9.26. The highest BCUT2D eigenvalue weighted by atomic mass is 32.2. The predicted octanol–water partition coefficient (Wildman–Crippen LogP) is 0.836. The number of hydrogen-bond donors (Lipinski definition) is 2. The molecule has 108 valence electrons. The Labute approximate surface area is 111 Å². The van der Waals surface area contributed by atoms with Gasteiger partial charge in [-0.3, -0.25) is 4.99 Å². The van der Waals surface area contributed by atoms with Crippen LogP contribution in [-0.4, -0.2) is 50.1 Å². The molecule has 0 spiro atoms. The van der Waals surface area contributed by atoms with Gasteiger partial charge in [0.2, 0.25) is 0 Å². The number of rotatable bonds is 9. The molecule has 0 saturated carbocycles. The molecule has 0 aromatic rings. The first-order chi connectivity index (χ1) is 8.25. The summed E-state index contributed by atoms with van der Waals surface area (Å²) in [5, 5.41) is 12.0. The summed E-state index contributed by atoms with van der Waals surface area (Å²) in [6, 6.07) is 0. The monoisotopic (exact) mass is 278 g/mol. The Bertz CT molecular complexity index is 348. The molecular weight excluding hydrogens is 252 g/mol. The number of sulfone groups is 1. The molecule has 0 aromatic carbocycles. The highest BCUT2D eigenvalue weighted by Gasteiger charge is 2.16. The summed E-state index contributed by atoms with van der Waals surface area (Å²) >= 11 is 0. The molecule has 0 saturated heterocycles. The van der Waals surface area contributed by atoms with Gasteiger partial charge in [0.15, 0.2) is 15.3 Å². The molecule has 0 aliphatic heterocycles. The molecule has 6 heteroatoms. The highest BCUT2D eigenvalue weighted by molar-refractivity contribution is 7.91. The second-order valence-electron chi connectivity index (χ2n) is 4.93. The Morgan fingerprint density at radius 1 is 1.28 bits per heavy atom. The van der Waals surface area contributed by atoms with Crippen molar-refractivity contribution in [1.29, 1.82) is 0 Å². The number of hydrogen-bond acceptors (Lipinski definition) is 5. The molecule has 5 nitrogen and oxygen atoms in total. The lowest BCUT2D eigenvalue weighted by atomic mass is 10.1. The summed E-state index contributed by atoms with van der Waals surface area (Å²) in [5.41, 5.74) is -0.158. The Hall–Kier alpha value is -0.460. The van der Waals surface area contributed by atoms with Crippen molar-refractivity contribution in [1.82, 2.24) is 5.32 Å². The number of aliphatic hydroxyl groups excluding tert-OH is 1. The van der Waals surface area contributed by atoms with Crippen LogP contribution in [-0.2, 0) is 9.84 Å². The minimum atomic E-state index is -3.36. The van der Waals surface area contributed by atoms with Crippen LogP contribution in [0.4, 0.5) is 0 Å². The molecule has 0 rings (SSSR count). The van der Waals surface area contributed by atoms with Crippen LogP contribution >= 0.6 is 0 Å². The minimum Gasteiger partial charge on any atom is -0.377 e. The molecule has 2 N–H and O–H groups in total. The molecule has 18 heavy (non-hydrogen) atoms. The molecule has 0 radical (unpaired) electrons. The minimum absolute atomic E-state index is 0.0423. The predicted molar refractivity (Wildman–Crippen MR) is 75.8 cm³/mol. The molecule has 0 bridgehead atoms. The second-order valence-corrected chi connectivity index (χ2v) is 7.35. The van der Waals surface area contributed by atoms with Crippen molar-refractivity contribution >= 4 is 15.5 Å². The van der Waals surface area contributed by atoms with Crippen molar-refractivity contribution in [3.63, 3.8) is 0 Å². The number of nitrogens with zero attached hydrogens (tertiary/aromatic N) is 1. The zero-order chi connectivity index (χ0) is 14.2. The third-order valence-corrected chi connectivity index (χ3v) is 4.27. The van der Waals surface area contributed by atoms with Gasteiger partial charge in [0.1, 0.15) is 0 Å². The SMILES string of the molecule is CC(CC(C)C)=NCCNCCS(=O)(=O)C(C)O. The van der Waals surface area contributed by atoms with Crippen molar-refractivity contribution in [3.8, 4) is 0 Å². The van der Waals surface area contributed by atoms with E-state index in [9.17, 15) is 8.42 Å². The van der Waals surface area contributed by atoms with E-state index >= 15 is 0 Å². The van der Waals surface area contributed by atoms with E-state index in [-0.39, 0.29) is 5.75 Å². The molecular formula is C12H26N2O3S. The molecule has 1 unspecified atom stereocenters. The Morgan fingerprint density at radius 2 is 1.89 bits per heavy atom. The van der Waals surface area contributed by atoms with Crippen LogP contribution in [0.3, 0.4) is 0 Å². The smallest absolute Gasteiger partial charge is 0.177 e. The molecule has 0 aliphatic carbocycles. The normalized spacial score (nSPS) is 15.1. The third-order valence-electron chi connectivity index (χ3n) is 2.46. The lowest BCUT2D eigenvalue weighted by Crippen LogP contribution is -2.29. The lowest BCUT2D eigenvalue weighted by Gasteiger charge is -2.08. The van der Waals surface area contributed by atoms with Gasteiger partial charge in [0.25, 0.3) is 0 Å². The highest BCUT2D eigenvalue weighted by Crippen LogP contribution is 2.00. The van der Waals surface area contributed by atoms with Crippen LogP contribution in [0.5, 0.6) is 0 Å². The maximum Gasteiger partial charge on any atom is 0.177 e. The third kappa shape index (κ3) is 8.60. The average molecular weight is 278 g/mol. The number of nitrogens with one attached hydrogen (secondary N) is 1. The van der Waals surface area contributed by atoms with Gasteiger partial charge >= 0.3 is 0 Å². The topological polar surface area (TPSA) is 78.8 Å². The Kier molecular flexibility index (Phi) is 8.39. The van der Waals surface area contributed by atoms with E-state index in [1.807, 2.05) is 6.92 Å².